The summed E-state index contributed by atoms with van der Waals surface area (Å²) < 4.78 is 5.13. The number of aromatic nitrogens is 2. The van der Waals surface area contributed by atoms with Gasteiger partial charge in [-0.1, -0.05) is 0 Å². The van der Waals surface area contributed by atoms with Crippen LogP contribution in [0.2, 0.25) is 0 Å². The molecule has 2 heterocycles. The molecule has 106 valence electrons. The molecule has 0 saturated carbocycles. The molecule has 2 aromatic heterocycles. The fourth-order valence-electron chi connectivity index (χ4n) is 1.94. The number of hydrogen-bond acceptors (Lipinski definition) is 4. The van der Waals surface area contributed by atoms with Gasteiger partial charge in [-0.3, -0.25) is 0 Å². The van der Waals surface area contributed by atoms with Crippen LogP contribution in [-0.2, 0) is 0 Å². The Kier molecular flexibility index (Phi) is 3.45. The Morgan fingerprint density at radius 1 is 1.29 bits per heavy atom. The third-order valence-corrected chi connectivity index (χ3v) is 3.94. The van der Waals surface area contributed by atoms with Crippen LogP contribution < -0.4 is 4.74 Å². The van der Waals surface area contributed by atoms with Crippen LogP contribution in [0, 0.1) is 0 Å². The summed E-state index contributed by atoms with van der Waals surface area (Å²) in [6, 6.07) is 9.24. The van der Waals surface area contributed by atoms with Crippen LogP contribution in [0.15, 0.2) is 41.9 Å². The molecule has 0 bridgehead atoms. The summed E-state index contributed by atoms with van der Waals surface area (Å²) in [6.07, 6.45) is 1.65. The molecule has 0 radical (unpaired) electrons. The van der Waals surface area contributed by atoms with Gasteiger partial charge in [0, 0.05) is 22.7 Å². The smallest absolute Gasteiger partial charge is 0.352 e. The van der Waals surface area contributed by atoms with Gasteiger partial charge in [0.1, 0.15) is 16.5 Å². The van der Waals surface area contributed by atoms with E-state index in [1.807, 2.05) is 29.6 Å². The first-order valence-electron chi connectivity index (χ1n) is 6.19. The summed E-state index contributed by atoms with van der Waals surface area (Å²) in [6.45, 7) is 0. The number of benzene rings is 1. The Morgan fingerprint density at radius 3 is 2.67 bits per heavy atom. The van der Waals surface area contributed by atoms with Gasteiger partial charge in [0.25, 0.3) is 0 Å². The molecule has 0 aliphatic rings. The lowest BCUT2D eigenvalue weighted by Gasteiger charge is -2.00. The van der Waals surface area contributed by atoms with Gasteiger partial charge in [-0.2, -0.15) is 0 Å². The normalized spacial score (nSPS) is 10.5. The van der Waals surface area contributed by atoms with Crippen LogP contribution in [0.3, 0.4) is 0 Å². The zero-order chi connectivity index (χ0) is 14.8. The lowest BCUT2D eigenvalue weighted by molar-refractivity contribution is 0.0691. The zero-order valence-electron chi connectivity index (χ0n) is 11.2. The van der Waals surface area contributed by atoms with Gasteiger partial charge in [-0.25, -0.2) is 9.78 Å². The molecule has 6 heteroatoms. The predicted octanol–water partition coefficient (Wildman–Crippen LogP) is 3.51. The minimum absolute atomic E-state index is 0.156. The lowest BCUT2D eigenvalue weighted by atomic mass is 10.2. The van der Waals surface area contributed by atoms with Gasteiger partial charge in [0.2, 0.25) is 0 Å². The predicted molar refractivity (Wildman–Crippen MR) is 80.8 cm³/mol. The third kappa shape index (κ3) is 2.66. The van der Waals surface area contributed by atoms with Crippen molar-refractivity contribution in [3.63, 3.8) is 0 Å². The maximum atomic E-state index is 10.9. The Bertz CT molecular complexity index is 774. The summed E-state index contributed by atoms with van der Waals surface area (Å²) >= 11 is 1.52. The Labute approximate surface area is 124 Å². The largest absolute Gasteiger partial charge is 0.497 e. The third-order valence-electron chi connectivity index (χ3n) is 3.05. The number of nitrogens with zero attached hydrogens (tertiary/aromatic N) is 1. The van der Waals surface area contributed by atoms with Crippen molar-refractivity contribution in [2.24, 2.45) is 0 Å². The van der Waals surface area contributed by atoms with E-state index < -0.39 is 5.97 Å². The number of thiazole rings is 1. The van der Waals surface area contributed by atoms with Crippen molar-refractivity contribution in [3.05, 3.63) is 47.6 Å². The van der Waals surface area contributed by atoms with Crippen molar-refractivity contribution >= 4 is 17.3 Å². The number of H-pyrrole nitrogens is 1. The molecule has 0 aliphatic carbocycles. The molecule has 5 nitrogen and oxygen atoms in total. The highest BCUT2D eigenvalue weighted by Crippen LogP contribution is 2.30. The summed E-state index contributed by atoms with van der Waals surface area (Å²) in [5, 5.41) is 11.7. The highest BCUT2D eigenvalue weighted by Gasteiger charge is 2.11. The Morgan fingerprint density at radius 2 is 2.05 bits per heavy atom. The number of hydrogen-bond donors (Lipinski definition) is 2. The zero-order valence-corrected chi connectivity index (χ0v) is 12.0. The fourth-order valence-corrected chi connectivity index (χ4v) is 2.77. The van der Waals surface area contributed by atoms with Crippen LogP contribution in [0.4, 0.5) is 0 Å². The molecule has 0 unspecified atom stereocenters. The molecule has 2 N–H and O–H groups in total. The molecule has 0 fully saturated rings. The van der Waals surface area contributed by atoms with Crippen molar-refractivity contribution in [1.29, 1.82) is 0 Å². The van der Waals surface area contributed by atoms with Crippen molar-refractivity contribution in [2.75, 3.05) is 7.11 Å². The minimum atomic E-state index is -0.980. The van der Waals surface area contributed by atoms with Crippen molar-refractivity contribution in [3.8, 4) is 27.6 Å². The standard InChI is InChI=1S/C15H12N2O3S/c1-20-11-4-2-9(3-5-11)14-17-13(8-21-14)10-6-12(15(18)19)16-7-10/h2-8,16H,1H3,(H,18,19). The lowest BCUT2D eigenvalue weighted by Crippen LogP contribution is -1.94. The van der Waals surface area contributed by atoms with Crippen LogP contribution in [0.5, 0.6) is 5.75 Å². The van der Waals surface area contributed by atoms with E-state index in [9.17, 15) is 4.79 Å². The number of nitrogens with one attached hydrogen (secondary N) is 1. The Balaban J connectivity index is 1.89. The van der Waals surface area contributed by atoms with E-state index in [0.717, 1.165) is 27.6 Å². The van der Waals surface area contributed by atoms with Crippen LogP contribution in [-0.4, -0.2) is 28.2 Å². The maximum absolute atomic E-state index is 10.9. The number of rotatable bonds is 4. The van der Waals surface area contributed by atoms with Gasteiger partial charge >= 0.3 is 5.97 Å². The summed E-state index contributed by atoms with van der Waals surface area (Å²) in [4.78, 5) is 18.1. The van der Waals surface area contributed by atoms with Crippen LogP contribution in [0.25, 0.3) is 21.8 Å². The number of methoxy groups -OCH3 is 1. The molecular weight excluding hydrogens is 288 g/mol. The second-order valence-electron chi connectivity index (χ2n) is 4.37. The second kappa shape index (κ2) is 5.41. The maximum Gasteiger partial charge on any atom is 0.352 e. The van der Waals surface area contributed by atoms with Crippen molar-refractivity contribution < 1.29 is 14.6 Å². The van der Waals surface area contributed by atoms with Gasteiger partial charge < -0.3 is 14.8 Å². The SMILES string of the molecule is COc1ccc(-c2nc(-c3c[nH]c(C(=O)O)c3)cs2)cc1. The van der Waals surface area contributed by atoms with Gasteiger partial charge in [0.15, 0.2) is 0 Å². The average molecular weight is 300 g/mol. The number of carboxylic acids is 1. The van der Waals surface area contributed by atoms with Gasteiger partial charge in [-0.05, 0) is 30.3 Å². The first kappa shape index (κ1) is 13.4. The molecule has 0 aliphatic heterocycles. The number of aromatic carboxylic acids is 1. The van der Waals surface area contributed by atoms with Gasteiger partial charge in [-0.15, -0.1) is 11.3 Å². The number of aromatic amines is 1. The number of carboxylic acid groups (broad SMARTS) is 1. The monoisotopic (exact) mass is 300 g/mol. The Hall–Kier alpha value is -2.60. The minimum Gasteiger partial charge on any atom is -0.497 e. The summed E-state index contributed by atoms with van der Waals surface area (Å²) in [7, 11) is 1.63. The quantitative estimate of drug-likeness (QED) is 0.773. The van der Waals surface area contributed by atoms with E-state index in [4.69, 9.17) is 9.84 Å². The number of ether oxygens (including phenoxy) is 1. The topological polar surface area (TPSA) is 75.2 Å². The number of carbonyl (C=O) groups is 1. The molecule has 21 heavy (non-hydrogen) atoms. The van der Waals surface area contributed by atoms with Gasteiger partial charge in [0.05, 0.1) is 12.8 Å². The highest BCUT2D eigenvalue weighted by atomic mass is 32.1. The molecule has 0 saturated heterocycles. The second-order valence-corrected chi connectivity index (χ2v) is 5.23. The average Bonchev–Trinajstić information content (AvgIpc) is 3.16. The van der Waals surface area contributed by atoms with Crippen molar-refractivity contribution in [1.82, 2.24) is 9.97 Å². The molecule has 0 spiro atoms. The summed E-state index contributed by atoms with van der Waals surface area (Å²) in [5.74, 6) is -0.181. The molecule has 0 atom stereocenters. The van der Waals surface area contributed by atoms with E-state index in [-0.39, 0.29) is 5.69 Å². The van der Waals surface area contributed by atoms with E-state index >= 15 is 0 Å². The molecule has 3 aromatic rings. The van der Waals surface area contributed by atoms with Crippen LogP contribution >= 0.6 is 11.3 Å². The molecule has 0 amide bonds. The van der Waals surface area contributed by atoms with E-state index in [1.165, 1.54) is 11.3 Å². The van der Waals surface area contributed by atoms with E-state index in [2.05, 4.69) is 9.97 Å². The van der Waals surface area contributed by atoms with E-state index in [1.54, 1.807) is 19.4 Å². The summed E-state index contributed by atoms with van der Waals surface area (Å²) in [5.41, 5.74) is 2.68. The first-order chi connectivity index (χ1) is 10.2. The first-order valence-corrected chi connectivity index (χ1v) is 7.07. The molecule has 3 rings (SSSR count). The van der Waals surface area contributed by atoms with E-state index in [0.29, 0.717) is 0 Å². The molecule has 1 aromatic carbocycles. The van der Waals surface area contributed by atoms with Crippen molar-refractivity contribution in [2.45, 2.75) is 0 Å². The van der Waals surface area contributed by atoms with Crippen LogP contribution in [0.1, 0.15) is 10.5 Å². The fraction of sp³-hybridized carbons (Fsp3) is 0.0667. The highest BCUT2D eigenvalue weighted by molar-refractivity contribution is 7.13. The molecular formula is C15H12N2O3S.